The van der Waals surface area contributed by atoms with Gasteiger partial charge in [0.15, 0.2) is 0 Å². The molecule has 110 valence electrons. The van der Waals surface area contributed by atoms with Crippen molar-refractivity contribution < 1.29 is 35.9 Å². The van der Waals surface area contributed by atoms with Crippen molar-refractivity contribution in [3.63, 3.8) is 0 Å². The quantitative estimate of drug-likeness (QED) is 0.543. The van der Waals surface area contributed by atoms with E-state index < -0.39 is 0 Å². The van der Waals surface area contributed by atoms with E-state index in [2.05, 4.69) is 42.7 Å². The summed E-state index contributed by atoms with van der Waals surface area (Å²) < 4.78 is 5.65. The Balaban J connectivity index is 0.00000132. The van der Waals surface area contributed by atoms with E-state index >= 15 is 0 Å². The molecule has 3 aliphatic rings. The second kappa shape index (κ2) is 5.69. The van der Waals surface area contributed by atoms with Crippen molar-refractivity contribution in [1.29, 1.82) is 0 Å². The fourth-order valence-electron chi connectivity index (χ4n) is 4.57. The van der Waals surface area contributed by atoms with Gasteiger partial charge in [0.25, 0.3) is 0 Å². The Morgan fingerprint density at radius 3 is 3.05 bits per heavy atom. The van der Waals surface area contributed by atoms with Crippen LogP contribution in [0.4, 0.5) is 0 Å². The van der Waals surface area contributed by atoms with E-state index in [-0.39, 0.29) is 36.5 Å². The second-order valence-electron chi connectivity index (χ2n) is 6.54. The van der Waals surface area contributed by atoms with Gasteiger partial charge in [-0.25, -0.2) is 18.6 Å². The number of nitrogens with zero attached hydrogens (tertiary/aromatic N) is 1. The molecule has 0 N–H and O–H groups in total. The van der Waals surface area contributed by atoms with Crippen molar-refractivity contribution >= 4 is 0 Å². The van der Waals surface area contributed by atoms with Gasteiger partial charge in [-0.05, 0) is 54.6 Å². The molecule has 2 aliphatic carbocycles. The first-order valence-electron chi connectivity index (χ1n) is 7.63. The van der Waals surface area contributed by atoms with E-state index in [1.54, 1.807) is 12.7 Å². The minimum atomic E-state index is 0. The molecule has 2 atom stereocenters. The molecule has 1 aromatic rings. The molecular weight excluding hydrogens is 484 g/mol. The second-order valence-corrected chi connectivity index (χ2v) is 6.54. The van der Waals surface area contributed by atoms with Gasteiger partial charge < -0.3 is 9.64 Å². The van der Waals surface area contributed by atoms with Gasteiger partial charge in [-0.3, -0.25) is 0 Å². The predicted molar refractivity (Wildman–Crippen MR) is 80.9 cm³/mol. The van der Waals surface area contributed by atoms with Gasteiger partial charge in [0.2, 0.25) is 0 Å². The van der Waals surface area contributed by atoms with Crippen LogP contribution >= 0.6 is 0 Å². The molecule has 1 heterocycles. The third kappa shape index (κ3) is 2.21. The molecule has 0 saturated heterocycles. The summed E-state index contributed by atoms with van der Waals surface area (Å²) >= 11 is 0. The molecule has 0 fully saturated rings. The Bertz CT molecular complexity index is 583. The number of allylic oxidation sites excluding steroid dienone is 2. The van der Waals surface area contributed by atoms with Gasteiger partial charge in [-0.2, -0.15) is 0 Å². The van der Waals surface area contributed by atoms with E-state index in [1.165, 1.54) is 36.9 Å². The minimum Gasteiger partial charge on any atom is -0.496 e. The first-order chi connectivity index (χ1) is 9.74. The van der Waals surface area contributed by atoms with Crippen LogP contribution in [0.25, 0.3) is 0 Å². The Labute approximate surface area is 151 Å². The Hall–Kier alpha value is -0.358. The fourth-order valence-corrected chi connectivity index (χ4v) is 4.57. The summed E-state index contributed by atoms with van der Waals surface area (Å²) in [6, 6.07) is 4.46. The van der Waals surface area contributed by atoms with Crippen molar-refractivity contribution in [2.45, 2.75) is 31.2 Å². The van der Waals surface area contributed by atoms with Gasteiger partial charge in [-0.1, -0.05) is 18.4 Å². The van der Waals surface area contributed by atoms with Crippen LogP contribution in [-0.4, -0.2) is 25.6 Å². The molecule has 2 nitrogen and oxygen atoms in total. The Kier molecular flexibility index (Phi) is 4.21. The molecule has 21 heavy (non-hydrogen) atoms. The number of rotatable bonds is 1. The van der Waals surface area contributed by atoms with Crippen molar-refractivity contribution in [1.82, 2.24) is 4.90 Å². The molecule has 0 unspecified atom stereocenters. The average Bonchev–Trinajstić information content (AvgIpc) is 2.74. The minimum absolute atomic E-state index is 0. The zero-order valence-electron chi connectivity index (χ0n) is 12.9. The predicted octanol–water partition coefficient (Wildman–Crippen LogP) is 3.10. The van der Waals surface area contributed by atoms with Crippen LogP contribution in [0.15, 0.2) is 24.3 Å². The number of hydrogen-bond donors (Lipinski definition) is 0. The summed E-state index contributed by atoms with van der Waals surface area (Å²) in [5.41, 5.74) is 4.84. The van der Waals surface area contributed by atoms with Crippen LogP contribution in [0.1, 0.15) is 29.5 Å². The molecule has 4 rings (SSSR count). The van der Waals surface area contributed by atoms with Gasteiger partial charge in [0, 0.05) is 37.7 Å². The van der Waals surface area contributed by atoms with Crippen LogP contribution in [0.3, 0.4) is 0 Å². The first kappa shape index (κ1) is 15.5. The van der Waals surface area contributed by atoms with E-state index in [9.17, 15) is 0 Å². The Morgan fingerprint density at radius 2 is 2.24 bits per heavy atom. The van der Waals surface area contributed by atoms with Crippen LogP contribution in [0.5, 0.6) is 5.75 Å². The molecule has 1 spiro atoms. The number of methoxy groups -OCH3 is 1. The van der Waals surface area contributed by atoms with Crippen LogP contribution in [0, 0.1) is 43.5 Å². The molecule has 1 aromatic carbocycles. The monoisotopic (exact) mass is 506 g/mol. The zero-order valence-corrected chi connectivity index (χ0v) is 17.0. The van der Waals surface area contributed by atoms with Gasteiger partial charge in [0.05, 0.1) is 7.11 Å². The molecule has 0 amide bonds. The maximum atomic E-state index is 5.65. The third-order valence-corrected chi connectivity index (χ3v) is 5.52. The van der Waals surface area contributed by atoms with Gasteiger partial charge >= 0.3 is 0 Å². The summed E-state index contributed by atoms with van der Waals surface area (Å²) in [5.74, 6) is 1.82. The SMILES string of the molecule is COc1ccc2c3c1C[C@H]1C[CH-]C=C[C@@]31CCN(C)C2.[U]. The van der Waals surface area contributed by atoms with Crippen molar-refractivity contribution in [2.75, 3.05) is 20.7 Å². The van der Waals surface area contributed by atoms with E-state index in [1.807, 2.05) is 0 Å². The molecule has 0 bridgehead atoms. The summed E-state index contributed by atoms with van der Waals surface area (Å²) in [4.78, 5) is 2.46. The topological polar surface area (TPSA) is 12.5 Å². The molecular formula is C18H22NOU-. The van der Waals surface area contributed by atoms with Crippen LogP contribution in [0.2, 0.25) is 0 Å². The van der Waals surface area contributed by atoms with Crippen molar-refractivity contribution in [3.8, 4) is 5.75 Å². The summed E-state index contributed by atoms with van der Waals surface area (Å²) in [7, 11) is 4.04. The van der Waals surface area contributed by atoms with E-state index in [4.69, 9.17) is 4.74 Å². The largest absolute Gasteiger partial charge is 0.496 e. The average molecular weight is 506 g/mol. The van der Waals surface area contributed by atoms with Crippen LogP contribution in [-0.2, 0) is 18.4 Å². The third-order valence-electron chi connectivity index (χ3n) is 5.52. The maximum absolute atomic E-state index is 5.65. The summed E-state index contributed by atoms with van der Waals surface area (Å²) in [6.07, 6.45) is 10.7. The maximum Gasteiger partial charge on any atom is 0.122 e. The zero-order chi connectivity index (χ0) is 13.7. The standard InChI is InChI=1S/C18H22NO.U/c1-19-10-9-18-8-4-3-5-14(18)11-15-16(20-2)7-6-13(12-19)17(15)18;/h3-4,6-8,14H,5,9-12H2,1-2H3;/q-1;/t14-,18+;/m1./s1. The molecule has 0 saturated carbocycles. The molecule has 0 aromatic heterocycles. The Morgan fingerprint density at radius 1 is 1.38 bits per heavy atom. The summed E-state index contributed by atoms with van der Waals surface area (Å²) in [6.45, 7) is 2.25. The molecule has 0 radical (unpaired) electrons. The van der Waals surface area contributed by atoms with E-state index in [0.717, 1.165) is 18.2 Å². The van der Waals surface area contributed by atoms with Crippen molar-refractivity contribution in [3.05, 3.63) is 47.4 Å². The molecule has 3 heteroatoms. The van der Waals surface area contributed by atoms with Crippen molar-refractivity contribution in [2.24, 2.45) is 5.92 Å². The normalized spacial score (nSPS) is 29.7. The number of benzene rings is 1. The summed E-state index contributed by atoms with van der Waals surface area (Å²) in [5, 5.41) is 0. The fraction of sp³-hybridized carbons (Fsp3) is 0.500. The number of ether oxygens (including phenoxy) is 1. The van der Waals surface area contributed by atoms with E-state index in [0.29, 0.717) is 0 Å². The number of hydrogen-bond acceptors (Lipinski definition) is 2. The smallest absolute Gasteiger partial charge is 0.122 e. The van der Waals surface area contributed by atoms with Gasteiger partial charge in [0.1, 0.15) is 5.75 Å². The van der Waals surface area contributed by atoms with Gasteiger partial charge in [-0.15, -0.1) is 0 Å². The first-order valence-corrected chi connectivity index (χ1v) is 7.63. The molecule has 1 aliphatic heterocycles. The van der Waals surface area contributed by atoms with Crippen LogP contribution < -0.4 is 4.74 Å².